The maximum absolute atomic E-state index is 13.0. The zero-order valence-electron chi connectivity index (χ0n) is 17.4. The Morgan fingerprint density at radius 2 is 1.93 bits per heavy atom. The zero-order chi connectivity index (χ0) is 20.7. The SMILES string of the molecule is C[C@@H]1CC(C)(C)C[C@](CO)(NC(=O)c2cc(S(=O)(=O)N3CCCC3)cn2C)C1. The second kappa shape index (κ2) is 7.46. The van der Waals surface area contributed by atoms with E-state index in [1.165, 1.54) is 16.6 Å². The molecule has 1 aliphatic heterocycles. The molecular weight excluding hydrogens is 378 g/mol. The van der Waals surface area contributed by atoms with Crippen molar-refractivity contribution in [3.8, 4) is 0 Å². The molecule has 28 heavy (non-hydrogen) atoms. The van der Waals surface area contributed by atoms with Crippen LogP contribution in [0.25, 0.3) is 0 Å². The fourth-order valence-corrected chi connectivity index (χ4v) is 6.87. The van der Waals surface area contributed by atoms with Gasteiger partial charge in [-0.25, -0.2) is 8.42 Å². The third-order valence-corrected chi connectivity index (χ3v) is 7.92. The van der Waals surface area contributed by atoms with Gasteiger partial charge in [0.05, 0.1) is 12.1 Å². The van der Waals surface area contributed by atoms with Crippen molar-refractivity contribution in [2.24, 2.45) is 18.4 Å². The van der Waals surface area contributed by atoms with E-state index in [9.17, 15) is 18.3 Å². The first-order chi connectivity index (χ1) is 13.0. The lowest BCUT2D eigenvalue weighted by Gasteiger charge is -2.47. The van der Waals surface area contributed by atoms with E-state index < -0.39 is 15.6 Å². The van der Waals surface area contributed by atoms with Crippen molar-refractivity contribution in [3.05, 3.63) is 18.0 Å². The first kappa shape index (κ1) is 21.3. The van der Waals surface area contributed by atoms with Crippen LogP contribution in [0.3, 0.4) is 0 Å². The first-order valence-electron chi connectivity index (χ1n) is 10.1. The van der Waals surface area contributed by atoms with Gasteiger partial charge in [0.15, 0.2) is 0 Å². The third kappa shape index (κ3) is 4.14. The molecule has 2 N–H and O–H groups in total. The number of hydrogen-bond acceptors (Lipinski definition) is 4. The van der Waals surface area contributed by atoms with Crippen LogP contribution in [0, 0.1) is 11.3 Å². The maximum atomic E-state index is 13.0. The van der Waals surface area contributed by atoms with Gasteiger partial charge in [-0.15, -0.1) is 0 Å². The van der Waals surface area contributed by atoms with E-state index in [4.69, 9.17) is 0 Å². The highest BCUT2D eigenvalue weighted by Crippen LogP contribution is 2.43. The molecule has 2 fully saturated rings. The molecule has 158 valence electrons. The molecule has 1 aromatic heterocycles. The number of aliphatic hydroxyl groups excluding tert-OH is 1. The highest BCUT2D eigenvalue weighted by atomic mass is 32.2. The van der Waals surface area contributed by atoms with E-state index in [1.54, 1.807) is 11.6 Å². The van der Waals surface area contributed by atoms with Crippen LogP contribution >= 0.6 is 0 Å². The van der Waals surface area contributed by atoms with Crippen molar-refractivity contribution < 1.29 is 18.3 Å². The molecule has 2 heterocycles. The molecule has 1 amide bonds. The summed E-state index contributed by atoms with van der Waals surface area (Å²) in [5.41, 5.74) is -0.371. The van der Waals surface area contributed by atoms with Crippen LogP contribution in [0.4, 0.5) is 0 Å². The van der Waals surface area contributed by atoms with E-state index in [1.807, 2.05) is 0 Å². The normalized spacial score (nSPS) is 28.4. The van der Waals surface area contributed by atoms with Crippen LogP contribution in [-0.2, 0) is 17.1 Å². The Morgan fingerprint density at radius 1 is 1.29 bits per heavy atom. The van der Waals surface area contributed by atoms with Gasteiger partial charge in [-0.2, -0.15) is 4.31 Å². The molecule has 1 saturated heterocycles. The van der Waals surface area contributed by atoms with Gasteiger partial charge in [-0.05, 0) is 49.5 Å². The molecule has 8 heteroatoms. The van der Waals surface area contributed by atoms with Crippen molar-refractivity contribution in [1.29, 1.82) is 0 Å². The lowest BCUT2D eigenvalue weighted by atomic mass is 9.64. The number of nitrogens with zero attached hydrogens (tertiary/aromatic N) is 2. The predicted molar refractivity (Wildman–Crippen MR) is 107 cm³/mol. The predicted octanol–water partition coefficient (Wildman–Crippen LogP) is 2.12. The van der Waals surface area contributed by atoms with Gasteiger partial charge in [0.2, 0.25) is 10.0 Å². The number of carbonyl (C=O) groups is 1. The molecule has 0 spiro atoms. The molecule has 1 saturated carbocycles. The third-order valence-electron chi connectivity index (χ3n) is 6.05. The Kier molecular flexibility index (Phi) is 5.68. The van der Waals surface area contributed by atoms with Crippen molar-refractivity contribution in [3.63, 3.8) is 0 Å². The average molecular weight is 412 g/mol. The fraction of sp³-hybridized carbons (Fsp3) is 0.750. The number of amides is 1. The van der Waals surface area contributed by atoms with Gasteiger partial charge >= 0.3 is 0 Å². The summed E-state index contributed by atoms with van der Waals surface area (Å²) in [6.07, 6.45) is 5.69. The Balaban J connectivity index is 1.84. The topological polar surface area (TPSA) is 91.6 Å². The molecule has 2 atom stereocenters. The Bertz CT molecular complexity index is 840. The van der Waals surface area contributed by atoms with Crippen LogP contribution in [0.2, 0.25) is 0 Å². The quantitative estimate of drug-likeness (QED) is 0.776. The lowest BCUT2D eigenvalue weighted by molar-refractivity contribution is 0.0331. The van der Waals surface area contributed by atoms with Crippen molar-refractivity contribution in [2.75, 3.05) is 19.7 Å². The molecular formula is C20H33N3O4S. The monoisotopic (exact) mass is 411 g/mol. The minimum absolute atomic E-state index is 0.0200. The molecule has 0 radical (unpaired) electrons. The summed E-state index contributed by atoms with van der Waals surface area (Å²) in [5, 5.41) is 13.2. The van der Waals surface area contributed by atoms with E-state index >= 15 is 0 Å². The number of aliphatic hydroxyl groups is 1. The maximum Gasteiger partial charge on any atom is 0.268 e. The van der Waals surface area contributed by atoms with Gasteiger partial charge in [0, 0.05) is 26.3 Å². The van der Waals surface area contributed by atoms with E-state index in [0.717, 1.165) is 19.3 Å². The molecule has 0 unspecified atom stereocenters. The molecule has 0 aromatic carbocycles. The molecule has 3 rings (SSSR count). The highest BCUT2D eigenvalue weighted by Gasteiger charge is 2.44. The number of rotatable bonds is 5. The standard InChI is InChI=1S/C20H33N3O4S/c1-15-10-19(2,3)13-20(11-15,14-24)21-18(25)17-9-16(12-22(17)4)28(26,27)23-7-5-6-8-23/h9,12,15,24H,5-8,10-11,13-14H2,1-4H3,(H,21,25)/t15-,20-/m1/s1. The fourth-order valence-electron chi connectivity index (χ4n) is 5.28. The number of nitrogens with one attached hydrogen (secondary N) is 1. The molecule has 2 aliphatic rings. The van der Waals surface area contributed by atoms with Crippen LogP contribution in [-0.4, -0.2) is 53.5 Å². The highest BCUT2D eigenvalue weighted by molar-refractivity contribution is 7.89. The smallest absolute Gasteiger partial charge is 0.268 e. The van der Waals surface area contributed by atoms with Crippen LogP contribution in [0.15, 0.2) is 17.2 Å². The van der Waals surface area contributed by atoms with E-state index in [0.29, 0.717) is 37.5 Å². The number of sulfonamides is 1. The largest absolute Gasteiger partial charge is 0.394 e. The van der Waals surface area contributed by atoms with Crippen LogP contribution < -0.4 is 5.32 Å². The summed E-state index contributed by atoms with van der Waals surface area (Å²) < 4.78 is 28.6. The average Bonchev–Trinajstić information content (AvgIpc) is 3.22. The van der Waals surface area contributed by atoms with Gasteiger partial charge in [-0.1, -0.05) is 20.8 Å². The molecule has 1 aromatic rings. The number of hydrogen-bond donors (Lipinski definition) is 2. The summed E-state index contributed by atoms with van der Waals surface area (Å²) in [6.45, 7) is 7.38. The Labute approximate surface area is 168 Å². The van der Waals surface area contributed by atoms with Gasteiger partial charge in [0.25, 0.3) is 5.91 Å². The minimum Gasteiger partial charge on any atom is -0.394 e. The van der Waals surface area contributed by atoms with Gasteiger partial charge in [0.1, 0.15) is 10.6 Å². The van der Waals surface area contributed by atoms with Crippen LogP contribution in [0.5, 0.6) is 0 Å². The summed E-state index contributed by atoms with van der Waals surface area (Å²) in [7, 11) is -1.89. The summed E-state index contributed by atoms with van der Waals surface area (Å²) in [4.78, 5) is 13.2. The Morgan fingerprint density at radius 3 is 2.50 bits per heavy atom. The Hall–Kier alpha value is -1.38. The zero-order valence-corrected chi connectivity index (χ0v) is 18.2. The summed E-state index contributed by atoms with van der Waals surface area (Å²) >= 11 is 0. The number of carbonyl (C=O) groups excluding carboxylic acids is 1. The minimum atomic E-state index is -3.57. The second-order valence-corrected chi connectivity index (χ2v) is 11.5. The molecule has 0 bridgehead atoms. The van der Waals surface area contributed by atoms with Crippen molar-refractivity contribution in [2.45, 2.75) is 63.3 Å². The van der Waals surface area contributed by atoms with Crippen molar-refractivity contribution >= 4 is 15.9 Å². The number of aromatic nitrogens is 1. The van der Waals surface area contributed by atoms with Gasteiger partial charge in [-0.3, -0.25) is 4.79 Å². The van der Waals surface area contributed by atoms with E-state index in [2.05, 4.69) is 26.1 Å². The summed E-state index contributed by atoms with van der Waals surface area (Å²) in [6, 6.07) is 1.45. The molecule has 7 nitrogen and oxygen atoms in total. The second-order valence-electron chi connectivity index (χ2n) is 9.53. The first-order valence-corrected chi connectivity index (χ1v) is 11.5. The van der Waals surface area contributed by atoms with E-state index in [-0.39, 0.29) is 22.8 Å². The summed E-state index contributed by atoms with van der Waals surface area (Å²) in [5.74, 6) is 0.0417. The van der Waals surface area contributed by atoms with Crippen LogP contribution in [0.1, 0.15) is 63.4 Å². The van der Waals surface area contributed by atoms with Crippen molar-refractivity contribution in [1.82, 2.24) is 14.2 Å². The number of aryl methyl sites for hydroxylation is 1. The molecule has 1 aliphatic carbocycles. The lowest BCUT2D eigenvalue weighted by Crippen LogP contribution is -2.57. The van der Waals surface area contributed by atoms with Gasteiger partial charge < -0.3 is 15.0 Å².